The molecule has 9 nitrogen and oxygen atoms in total. The lowest BCUT2D eigenvalue weighted by Crippen LogP contribution is -2.36. The smallest absolute Gasteiger partial charge is 0.363 e. The number of aromatic amines is 1. The Balaban J connectivity index is 1.28. The summed E-state index contributed by atoms with van der Waals surface area (Å²) < 4.78 is 39.5. The van der Waals surface area contributed by atoms with Gasteiger partial charge in [0.05, 0.1) is 31.9 Å². The van der Waals surface area contributed by atoms with Crippen LogP contribution in [0.1, 0.15) is 50.8 Å². The van der Waals surface area contributed by atoms with Gasteiger partial charge >= 0.3 is 5.95 Å². The lowest BCUT2D eigenvalue weighted by Gasteiger charge is -2.25. The van der Waals surface area contributed by atoms with Crippen LogP contribution in [0.15, 0.2) is 113 Å². The van der Waals surface area contributed by atoms with E-state index in [1.54, 1.807) is 16.3 Å². The standard InChI is InChI=1S/C40H41N5O4S3/c1-4-42-35(51-38(30-18-10-7-11-19-30)37(42)29-16-8-6-9-17-29)23-22-34-39(46)43(5-2)36(50-34)27-31-26-28(3)45-33-21-13-12-20-32(33)41-40(45)44(31)24-14-15-25-52(47,48)49/h6-13,16-23,26-28H,4-5,14-15,24-25H2,1-3H3,(H,47,48,49)/b34-22+,35-23+,36-27-. The van der Waals surface area contributed by atoms with Crippen molar-refractivity contribution in [1.29, 1.82) is 0 Å². The molecule has 5 aromatic rings. The Labute approximate surface area is 312 Å². The predicted molar refractivity (Wildman–Crippen MR) is 213 cm³/mol. The molecule has 0 aliphatic carbocycles. The van der Waals surface area contributed by atoms with Crippen molar-refractivity contribution >= 4 is 73.0 Å². The molecule has 4 heterocycles. The molecular formula is C40H41N5O4S3. The van der Waals surface area contributed by atoms with Crippen molar-refractivity contribution < 1.29 is 18.0 Å². The summed E-state index contributed by atoms with van der Waals surface area (Å²) in [5.74, 6) is 0.477. The number of imidazole rings is 1. The number of para-hydroxylation sites is 2. The van der Waals surface area contributed by atoms with Crippen molar-refractivity contribution in [3.63, 3.8) is 0 Å². The Morgan fingerprint density at radius 2 is 1.56 bits per heavy atom. The molecule has 0 amide bonds. The van der Waals surface area contributed by atoms with E-state index in [4.69, 9.17) is 0 Å². The number of nitrogens with one attached hydrogen (secondary N) is 1. The molecule has 0 bridgehead atoms. The first-order valence-electron chi connectivity index (χ1n) is 17.6. The van der Waals surface area contributed by atoms with Gasteiger partial charge < -0.3 is 9.45 Å². The van der Waals surface area contributed by atoms with Gasteiger partial charge in [-0.05, 0) is 75.1 Å². The lowest BCUT2D eigenvalue weighted by atomic mass is 10.1. The van der Waals surface area contributed by atoms with Crippen LogP contribution in [0.25, 0.3) is 33.8 Å². The number of unbranched alkanes of at least 4 members (excludes halogenated alkanes) is 1. The minimum Gasteiger partial charge on any atom is -0.748 e. The molecule has 0 saturated heterocycles. The SMILES string of the molecule is CCN1C(c2ccccc2)=C(c2ccccc2)S/C1=C/C=c1/s/c(=C\C2=CC(C)n3c([nH+]c4ccccc43)N2CCCCS(=O)(=O)[O-])n(CC)c1=O. The summed E-state index contributed by atoms with van der Waals surface area (Å²) >= 11 is 3.18. The minimum atomic E-state index is -4.30. The van der Waals surface area contributed by atoms with Gasteiger partial charge in [0, 0.05) is 29.8 Å². The molecule has 3 aromatic carbocycles. The van der Waals surface area contributed by atoms with Crippen LogP contribution < -0.4 is 24.6 Å². The largest absolute Gasteiger partial charge is 0.748 e. The van der Waals surface area contributed by atoms with Crippen LogP contribution in [0, 0.1) is 0 Å². The van der Waals surface area contributed by atoms with Crippen molar-refractivity contribution in [2.45, 2.75) is 46.2 Å². The molecule has 0 spiro atoms. The second-order valence-electron chi connectivity index (χ2n) is 12.7. The summed E-state index contributed by atoms with van der Waals surface area (Å²) in [5.41, 5.74) is 6.37. The maximum atomic E-state index is 13.9. The van der Waals surface area contributed by atoms with Gasteiger partial charge in [0.15, 0.2) is 0 Å². The average Bonchev–Trinajstić information content (AvgIpc) is 3.81. The summed E-state index contributed by atoms with van der Waals surface area (Å²) in [7, 11) is -4.30. The van der Waals surface area contributed by atoms with E-state index in [1.807, 2.05) is 43.3 Å². The Hall–Kier alpha value is -4.62. The van der Waals surface area contributed by atoms with Gasteiger partial charge in [0.2, 0.25) is 0 Å². The normalized spacial score (nSPS) is 17.9. The van der Waals surface area contributed by atoms with Crippen LogP contribution in [0.3, 0.4) is 0 Å². The van der Waals surface area contributed by atoms with E-state index >= 15 is 0 Å². The zero-order valence-electron chi connectivity index (χ0n) is 29.4. The molecule has 1 N–H and O–H groups in total. The minimum absolute atomic E-state index is 0.0118. The van der Waals surface area contributed by atoms with Crippen LogP contribution in [0.5, 0.6) is 0 Å². The quantitative estimate of drug-likeness (QED) is 0.121. The molecule has 52 heavy (non-hydrogen) atoms. The molecule has 2 aliphatic heterocycles. The number of thiazole rings is 1. The van der Waals surface area contributed by atoms with Crippen LogP contribution in [-0.4, -0.2) is 45.8 Å². The summed E-state index contributed by atoms with van der Waals surface area (Å²) in [6, 6.07) is 29.0. The third kappa shape index (κ3) is 7.20. The third-order valence-electron chi connectivity index (χ3n) is 9.31. The first-order chi connectivity index (χ1) is 25.2. The fourth-order valence-electron chi connectivity index (χ4n) is 6.91. The van der Waals surface area contributed by atoms with E-state index < -0.39 is 15.9 Å². The average molecular weight is 752 g/mol. The zero-order chi connectivity index (χ0) is 36.4. The van der Waals surface area contributed by atoms with Gasteiger partial charge in [-0.1, -0.05) is 84.6 Å². The molecule has 2 aliphatic rings. The fourth-order valence-corrected chi connectivity index (χ4v) is 9.79. The number of thioether (sulfide) groups is 1. The summed E-state index contributed by atoms with van der Waals surface area (Å²) in [5, 5.41) is 1.06. The Morgan fingerprint density at radius 1 is 0.865 bits per heavy atom. The van der Waals surface area contributed by atoms with Crippen molar-refractivity contribution in [2.24, 2.45) is 0 Å². The molecule has 7 rings (SSSR count). The number of anilines is 1. The molecule has 12 heteroatoms. The second kappa shape index (κ2) is 15.2. The summed E-state index contributed by atoms with van der Waals surface area (Å²) in [6.07, 6.45) is 9.00. The van der Waals surface area contributed by atoms with Gasteiger partial charge in [-0.15, -0.1) is 11.3 Å². The number of rotatable bonds is 11. The number of hydrogen-bond donors (Lipinski definition) is 0. The number of H-pyrrole nitrogens is 1. The first-order valence-corrected chi connectivity index (χ1v) is 20.8. The Kier molecular flexibility index (Phi) is 10.4. The first kappa shape index (κ1) is 35.8. The van der Waals surface area contributed by atoms with Crippen molar-refractivity contribution in [2.75, 3.05) is 23.7 Å². The highest BCUT2D eigenvalue weighted by Crippen LogP contribution is 2.50. The zero-order valence-corrected chi connectivity index (χ0v) is 31.8. The maximum absolute atomic E-state index is 13.9. The van der Waals surface area contributed by atoms with Crippen LogP contribution in [0.2, 0.25) is 0 Å². The molecule has 1 atom stereocenters. The fraction of sp³-hybridized carbons (Fsp3) is 0.250. The molecular weight excluding hydrogens is 711 g/mol. The van der Waals surface area contributed by atoms with E-state index in [0.29, 0.717) is 24.0 Å². The van der Waals surface area contributed by atoms with Gasteiger partial charge in [-0.2, -0.15) is 0 Å². The Bertz CT molecular complexity index is 2500. The van der Waals surface area contributed by atoms with E-state index in [2.05, 4.69) is 106 Å². The second-order valence-corrected chi connectivity index (χ2v) is 16.3. The van der Waals surface area contributed by atoms with Crippen molar-refractivity contribution in [1.82, 2.24) is 14.0 Å². The number of nitrogens with zero attached hydrogens (tertiary/aromatic N) is 4. The van der Waals surface area contributed by atoms with Gasteiger partial charge in [-0.25, -0.2) is 22.9 Å². The number of allylic oxidation sites excluding steroid dienone is 3. The third-order valence-corrected chi connectivity index (χ3v) is 12.4. The highest BCUT2D eigenvalue weighted by Gasteiger charge is 2.33. The van der Waals surface area contributed by atoms with Gasteiger partial charge in [0.1, 0.15) is 27.4 Å². The van der Waals surface area contributed by atoms with E-state index in [1.165, 1.54) is 16.2 Å². The number of hydrogen-bond acceptors (Lipinski definition) is 8. The lowest BCUT2D eigenvalue weighted by molar-refractivity contribution is -0.331. The molecule has 2 aromatic heterocycles. The highest BCUT2D eigenvalue weighted by molar-refractivity contribution is 8.12. The van der Waals surface area contributed by atoms with Gasteiger partial charge in [-0.3, -0.25) is 9.36 Å². The number of fused-ring (bicyclic) bond motifs is 3. The summed E-state index contributed by atoms with van der Waals surface area (Å²) in [4.78, 5) is 23.1. The van der Waals surface area contributed by atoms with E-state index in [-0.39, 0.29) is 18.0 Å². The van der Waals surface area contributed by atoms with E-state index in [9.17, 15) is 17.8 Å². The molecule has 0 saturated carbocycles. The van der Waals surface area contributed by atoms with Crippen LogP contribution >= 0.6 is 23.1 Å². The molecule has 268 valence electrons. The maximum Gasteiger partial charge on any atom is 0.363 e. The van der Waals surface area contributed by atoms with Crippen LogP contribution in [0.4, 0.5) is 5.95 Å². The summed E-state index contributed by atoms with van der Waals surface area (Å²) in [6.45, 7) is 8.03. The van der Waals surface area contributed by atoms with Crippen LogP contribution in [-0.2, 0) is 16.7 Å². The topological polar surface area (TPSA) is 105 Å². The van der Waals surface area contributed by atoms with Gasteiger partial charge in [0.25, 0.3) is 5.56 Å². The van der Waals surface area contributed by atoms with E-state index in [0.717, 1.165) is 55.7 Å². The molecule has 0 fully saturated rings. The van der Waals surface area contributed by atoms with Crippen molar-refractivity contribution in [3.8, 4) is 0 Å². The highest BCUT2D eigenvalue weighted by atomic mass is 32.2. The molecule has 1 unspecified atom stereocenters. The Morgan fingerprint density at radius 3 is 2.25 bits per heavy atom. The van der Waals surface area contributed by atoms with Crippen molar-refractivity contribution in [3.05, 3.63) is 138 Å². The number of aromatic nitrogens is 3. The predicted octanol–water partition coefficient (Wildman–Crippen LogP) is 5.99. The monoisotopic (exact) mass is 751 g/mol. The number of benzene rings is 3. The molecule has 0 radical (unpaired) electrons.